The molecular formula is C19H10Cl2N4O2. The minimum atomic E-state index is -0.250. The fraction of sp³-hybridized carbons (Fsp3) is 0. The van der Waals surface area contributed by atoms with Gasteiger partial charge in [-0.1, -0.05) is 46.6 Å². The fourth-order valence-corrected chi connectivity index (χ4v) is 3.34. The third-order valence-electron chi connectivity index (χ3n) is 4.35. The number of fused-ring (bicyclic) bond motifs is 2. The number of halogens is 2. The van der Waals surface area contributed by atoms with Crippen molar-refractivity contribution in [2.75, 3.05) is 0 Å². The molecule has 0 aliphatic rings. The summed E-state index contributed by atoms with van der Waals surface area (Å²) < 4.78 is 6.75. The molecule has 27 heavy (non-hydrogen) atoms. The maximum atomic E-state index is 12.6. The van der Waals surface area contributed by atoms with Crippen LogP contribution in [0.2, 0.25) is 10.0 Å². The van der Waals surface area contributed by atoms with E-state index in [1.54, 1.807) is 24.4 Å². The van der Waals surface area contributed by atoms with Crippen molar-refractivity contribution in [3.63, 3.8) is 0 Å². The zero-order chi connectivity index (χ0) is 18.5. The molecule has 0 spiro atoms. The molecule has 8 heteroatoms. The maximum Gasteiger partial charge on any atom is 0.273 e. The van der Waals surface area contributed by atoms with Crippen LogP contribution in [-0.2, 0) is 0 Å². The SMILES string of the molecule is O=c1cc(-c2ccc(Cl)c(Cl)c2)nc2c(-c3noc4ccccc34)c[nH]n12. The summed E-state index contributed by atoms with van der Waals surface area (Å²) >= 11 is 12.1. The summed E-state index contributed by atoms with van der Waals surface area (Å²) in [6, 6.07) is 14.1. The van der Waals surface area contributed by atoms with Crippen LogP contribution >= 0.6 is 23.2 Å². The molecule has 0 radical (unpaired) electrons. The Kier molecular flexibility index (Phi) is 3.56. The third-order valence-corrected chi connectivity index (χ3v) is 5.08. The van der Waals surface area contributed by atoms with Crippen LogP contribution in [0.4, 0.5) is 0 Å². The summed E-state index contributed by atoms with van der Waals surface area (Å²) in [5.74, 6) is 0. The number of H-pyrrole nitrogens is 1. The maximum absolute atomic E-state index is 12.6. The van der Waals surface area contributed by atoms with Crippen molar-refractivity contribution in [1.29, 1.82) is 0 Å². The number of nitrogens with zero attached hydrogens (tertiary/aromatic N) is 3. The first kappa shape index (κ1) is 16.1. The number of aromatic nitrogens is 4. The Morgan fingerprint density at radius 3 is 2.74 bits per heavy atom. The highest BCUT2D eigenvalue weighted by Gasteiger charge is 2.17. The summed E-state index contributed by atoms with van der Waals surface area (Å²) in [6.07, 6.45) is 1.69. The van der Waals surface area contributed by atoms with Gasteiger partial charge in [0, 0.05) is 23.2 Å². The van der Waals surface area contributed by atoms with Crippen molar-refractivity contribution in [3.8, 4) is 22.5 Å². The molecule has 1 N–H and O–H groups in total. The lowest BCUT2D eigenvalue weighted by Gasteiger charge is -2.04. The molecule has 5 rings (SSSR count). The van der Waals surface area contributed by atoms with Crippen LogP contribution in [-0.4, -0.2) is 19.8 Å². The van der Waals surface area contributed by atoms with E-state index in [1.807, 2.05) is 24.3 Å². The second kappa shape index (κ2) is 5.97. The van der Waals surface area contributed by atoms with Gasteiger partial charge in [-0.2, -0.15) is 0 Å². The Morgan fingerprint density at radius 1 is 1.04 bits per heavy atom. The topological polar surface area (TPSA) is 76.2 Å². The Balaban J connectivity index is 1.77. The van der Waals surface area contributed by atoms with Crippen molar-refractivity contribution in [2.45, 2.75) is 0 Å². The van der Waals surface area contributed by atoms with E-state index >= 15 is 0 Å². The Bertz CT molecular complexity index is 1380. The average molecular weight is 397 g/mol. The minimum Gasteiger partial charge on any atom is -0.356 e. The van der Waals surface area contributed by atoms with E-state index in [1.165, 1.54) is 10.6 Å². The van der Waals surface area contributed by atoms with Gasteiger partial charge in [-0.25, -0.2) is 9.50 Å². The highest BCUT2D eigenvalue weighted by atomic mass is 35.5. The molecule has 132 valence electrons. The molecular weight excluding hydrogens is 387 g/mol. The molecule has 0 aliphatic carbocycles. The zero-order valence-electron chi connectivity index (χ0n) is 13.6. The van der Waals surface area contributed by atoms with Gasteiger partial charge < -0.3 is 4.52 Å². The highest BCUT2D eigenvalue weighted by Crippen LogP contribution is 2.31. The molecule has 0 saturated carbocycles. The second-order valence-corrected chi connectivity index (χ2v) is 6.80. The average Bonchev–Trinajstić information content (AvgIpc) is 3.28. The summed E-state index contributed by atoms with van der Waals surface area (Å²) in [6.45, 7) is 0. The first-order chi connectivity index (χ1) is 13.1. The van der Waals surface area contributed by atoms with Gasteiger partial charge in [-0.15, -0.1) is 0 Å². The first-order valence-corrected chi connectivity index (χ1v) is 8.79. The summed E-state index contributed by atoms with van der Waals surface area (Å²) in [5, 5.41) is 8.75. The number of benzene rings is 2. The van der Waals surface area contributed by atoms with Crippen LogP contribution in [0.15, 0.2) is 64.0 Å². The van der Waals surface area contributed by atoms with E-state index in [2.05, 4.69) is 15.2 Å². The van der Waals surface area contributed by atoms with E-state index in [-0.39, 0.29) is 5.56 Å². The van der Waals surface area contributed by atoms with E-state index in [0.29, 0.717) is 43.8 Å². The quantitative estimate of drug-likeness (QED) is 0.464. The van der Waals surface area contributed by atoms with Crippen molar-refractivity contribution < 1.29 is 4.52 Å². The number of para-hydroxylation sites is 1. The largest absolute Gasteiger partial charge is 0.356 e. The van der Waals surface area contributed by atoms with Gasteiger partial charge in [-0.3, -0.25) is 9.89 Å². The molecule has 0 unspecified atom stereocenters. The molecule has 0 amide bonds. The third kappa shape index (κ3) is 2.53. The summed E-state index contributed by atoms with van der Waals surface area (Å²) in [7, 11) is 0. The Morgan fingerprint density at radius 2 is 1.89 bits per heavy atom. The van der Waals surface area contributed by atoms with Crippen LogP contribution in [0.1, 0.15) is 0 Å². The normalized spacial score (nSPS) is 11.5. The monoisotopic (exact) mass is 396 g/mol. The number of hydrogen-bond donors (Lipinski definition) is 1. The van der Waals surface area contributed by atoms with Crippen LogP contribution < -0.4 is 5.56 Å². The van der Waals surface area contributed by atoms with Crippen LogP contribution in [0.3, 0.4) is 0 Å². The van der Waals surface area contributed by atoms with Crippen LogP contribution in [0.25, 0.3) is 39.1 Å². The van der Waals surface area contributed by atoms with E-state index in [4.69, 9.17) is 27.7 Å². The van der Waals surface area contributed by atoms with Gasteiger partial charge in [0.15, 0.2) is 11.2 Å². The minimum absolute atomic E-state index is 0.250. The summed E-state index contributed by atoms with van der Waals surface area (Å²) in [4.78, 5) is 17.2. The second-order valence-electron chi connectivity index (χ2n) is 5.98. The van der Waals surface area contributed by atoms with Gasteiger partial charge in [0.1, 0.15) is 5.69 Å². The zero-order valence-corrected chi connectivity index (χ0v) is 15.1. The van der Waals surface area contributed by atoms with Crippen LogP contribution in [0, 0.1) is 0 Å². The van der Waals surface area contributed by atoms with Gasteiger partial charge in [-0.05, 0) is 24.3 Å². The van der Waals surface area contributed by atoms with Gasteiger partial charge in [0.05, 0.1) is 21.3 Å². The number of hydrogen-bond acceptors (Lipinski definition) is 4. The first-order valence-electron chi connectivity index (χ1n) is 8.03. The van der Waals surface area contributed by atoms with Gasteiger partial charge in [0.2, 0.25) is 0 Å². The predicted octanol–water partition coefficient (Wildman–Crippen LogP) is 4.80. The molecule has 0 bridgehead atoms. The molecule has 3 heterocycles. The molecule has 0 atom stereocenters. The lowest BCUT2D eigenvalue weighted by molar-refractivity contribution is 0.459. The molecule has 0 saturated heterocycles. The van der Waals surface area contributed by atoms with Gasteiger partial charge >= 0.3 is 0 Å². The predicted molar refractivity (Wildman–Crippen MR) is 104 cm³/mol. The lowest BCUT2D eigenvalue weighted by atomic mass is 10.1. The van der Waals surface area contributed by atoms with Crippen LogP contribution in [0.5, 0.6) is 0 Å². The fourth-order valence-electron chi connectivity index (χ4n) is 3.04. The van der Waals surface area contributed by atoms with E-state index < -0.39 is 0 Å². The highest BCUT2D eigenvalue weighted by molar-refractivity contribution is 6.42. The van der Waals surface area contributed by atoms with Crippen molar-refractivity contribution in [2.24, 2.45) is 0 Å². The van der Waals surface area contributed by atoms with Crippen molar-refractivity contribution >= 4 is 39.8 Å². The summed E-state index contributed by atoms with van der Waals surface area (Å²) in [5.41, 5.74) is 3.33. The van der Waals surface area contributed by atoms with Crippen molar-refractivity contribution in [1.82, 2.24) is 19.8 Å². The number of nitrogens with one attached hydrogen (secondary N) is 1. The molecule has 3 aromatic heterocycles. The molecule has 0 aliphatic heterocycles. The van der Waals surface area contributed by atoms with E-state index in [9.17, 15) is 4.79 Å². The Hall–Kier alpha value is -3.09. The smallest absolute Gasteiger partial charge is 0.273 e. The Labute approximate surface area is 161 Å². The molecule has 5 aromatic rings. The number of aromatic amines is 1. The standard InChI is InChI=1S/C19H10Cl2N4O2/c20-13-6-5-10(7-14(13)21)15-8-17(26)25-19(23-15)12(9-22-25)18-11-3-1-2-4-16(11)27-24-18/h1-9,22H. The van der Waals surface area contributed by atoms with Gasteiger partial charge in [0.25, 0.3) is 5.56 Å². The number of rotatable bonds is 2. The molecule has 6 nitrogen and oxygen atoms in total. The van der Waals surface area contributed by atoms with Crippen molar-refractivity contribution in [3.05, 3.63) is 75.1 Å². The molecule has 0 fully saturated rings. The lowest BCUT2D eigenvalue weighted by Crippen LogP contribution is -2.14. The van der Waals surface area contributed by atoms with E-state index in [0.717, 1.165) is 5.39 Å². The molecule has 2 aromatic carbocycles.